The Balaban J connectivity index is 2.09. The van der Waals surface area contributed by atoms with Gasteiger partial charge in [-0.1, -0.05) is 48.9 Å². The van der Waals surface area contributed by atoms with Gasteiger partial charge in [-0.05, 0) is 30.2 Å². The average molecular weight is 386 g/mol. The monoisotopic (exact) mass is 385 g/mol. The maximum atomic E-state index is 12.2. The number of hydrogen-bond acceptors (Lipinski definition) is 4. The molecule has 1 atom stereocenters. The number of amides is 2. The number of hydrogen-bond donors (Lipinski definition) is 2. The lowest BCUT2D eigenvalue weighted by Gasteiger charge is -2.32. The van der Waals surface area contributed by atoms with E-state index in [1.807, 2.05) is 43.3 Å². The number of nitriles is 1. The predicted molar refractivity (Wildman–Crippen MR) is 103 cm³/mol. The van der Waals surface area contributed by atoms with Gasteiger partial charge in [0.1, 0.15) is 11.7 Å². The van der Waals surface area contributed by atoms with Crippen LogP contribution in [0.5, 0.6) is 0 Å². The molecule has 7 heteroatoms. The SMILES string of the molecule is CC[C@](CNC(=O)C(=O)Nc1cc(Cl)ccc1C#N)(OC)c1ccccc1. The number of halogens is 1. The first-order valence-corrected chi connectivity index (χ1v) is 8.73. The van der Waals surface area contributed by atoms with Gasteiger partial charge >= 0.3 is 11.8 Å². The fourth-order valence-electron chi connectivity index (χ4n) is 2.71. The topological polar surface area (TPSA) is 91.2 Å². The van der Waals surface area contributed by atoms with E-state index in [0.717, 1.165) is 5.56 Å². The van der Waals surface area contributed by atoms with Crippen LogP contribution in [0, 0.1) is 11.3 Å². The molecule has 2 aromatic carbocycles. The van der Waals surface area contributed by atoms with E-state index >= 15 is 0 Å². The van der Waals surface area contributed by atoms with E-state index < -0.39 is 17.4 Å². The van der Waals surface area contributed by atoms with Crippen LogP contribution >= 0.6 is 11.6 Å². The van der Waals surface area contributed by atoms with Crippen molar-refractivity contribution < 1.29 is 14.3 Å². The minimum absolute atomic E-state index is 0.122. The minimum Gasteiger partial charge on any atom is -0.372 e. The molecule has 2 amide bonds. The number of anilines is 1. The number of rotatable bonds is 6. The zero-order valence-corrected chi connectivity index (χ0v) is 15.8. The molecule has 0 saturated carbocycles. The Bertz CT molecular complexity index is 859. The van der Waals surface area contributed by atoms with Gasteiger partial charge < -0.3 is 15.4 Å². The Kier molecular flexibility index (Phi) is 6.94. The van der Waals surface area contributed by atoms with Crippen molar-refractivity contribution in [1.82, 2.24) is 5.32 Å². The lowest BCUT2D eigenvalue weighted by Crippen LogP contribution is -2.45. The molecule has 6 nitrogen and oxygen atoms in total. The number of carbonyl (C=O) groups is 2. The standard InChI is InChI=1S/C20H20ClN3O3/c1-3-20(27-2,15-7-5-4-6-8-15)13-23-18(25)19(26)24-17-11-16(21)10-9-14(17)12-22/h4-11H,3,13H2,1-2H3,(H,23,25)(H,24,26)/t20-/m1/s1. The summed E-state index contributed by atoms with van der Waals surface area (Å²) in [5, 5.41) is 14.5. The number of nitrogens with one attached hydrogen (secondary N) is 2. The molecule has 2 N–H and O–H groups in total. The first kappa shape index (κ1) is 20.4. The lowest BCUT2D eigenvalue weighted by molar-refractivity contribution is -0.137. The van der Waals surface area contributed by atoms with Crippen LogP contribution < -0.4 is 10.6 Å². The molecule has 0 saturated heterocycles. The van der Waals surface area contributed by atoms with Crippen LogP contribution in [-0.4, -0.2) is 25.5 Å². The Labute approximate surface area is 163 Å². The zero-order valence-electron chi connectivity index (χ0n) is 15.1. The third-order valence-corrected chi connectivity index (χ3v) is 4.59. The predicted octanol–water partition coefficient (Wildman–Crippen LogP) is 3.22. The van der Waals surface area contributed by atoms with Crippen LogP contribution in [0.3, 0.4) is 0 Å². The lowest BCUT2D eigenvalue weighted by atomic mass is 9.90. The first-order chi connectivity index (χ1) is 13.0. The molecule has 0 aliphatic heterocycles. The highest BCUT2D eigenvalue weighted by molar-refractivity contribution is 6.40. The van der Waals surface area contributed by atoms with E-state index in [2.05, 4.69) is 10.6 Å². The molecule has 0 bridgehead atoms. The molecular weight excluding hydrogens is 366 g/mol. The Morgan fingerprint density at radius 1 is 1.19 bits per heavy atom. The largest absolute Gasteiger partial charge is 0.372 e. The fourth-order valence-corrected chi connectivity index (χ4v) is 2.88. The summed E-state index contributed by atoms with van der Waals surface area (Å²) in [6.07, 6.45) is 0.599. The minimum atomic E-state index is -0.886. The third kappa shape index (κ3) is 4.85. The molecule has 2 rings (SSSR count). The van der Waals surface area contributed by atoms with E-state index in [4.69, 9.17) is 21.6 Å². The van der Waals surface area contributed by atoms with Crippen molar-refractivity contribution >= 4 is 29.1 Å². The molecule has 0 unspecified atom stereocenters. The van der Waals surface area contributed by atoms with E-state index in [-0.39, 0.29) is 17.8 Å². The van der Waals surface area contributed by atoms with Crippen molar-refractivity contribution in [3.05, 3.63) is 64.7 Å². The molecule has 0 aliphatic rings. The second-order valence-electron chi connectivity index (χ2n) is 5.86. The van der Waals surface area contributed by atoms with Gasteiger partial charge in [0, 0.05) is 12.1 Å². The van der Waals surface area contributed by atoms with E-state index in [1.54, 1.807) is 7.11 Å². The number of benzene rings is 2. The molecule has 0 aromatic heterocycles. The first-order valence-electron chi connectivity index (χ1n) is 8.35. The van der Waals surface area contributed by atoms with Crippen LogP contribution in [0.15, 0.2) is 48.5 Å². The number of nitrogens with zero attached hydrogens (tertiary/aromatic N) is 1. The summed E-state index contributed by atoms with van der Waals surface area (Å²) in [6, 6.07) is 15.8. The molecule has 0 spiro atoms. The van der Waals surface area contributed by atoms with Crippen molar-refractivity contribution in [3.63, 3.8) is 0 Å². The molecule has 140 valence electrons. The van der Waals surface area contributed by atoms with Gasteiger partial charge in [0.05, 0.1) is 17.8 Å². The normalized spacial score (nSPS) is 12.5. The summed E-state index contributed by atoms with van der Waals surface area (Å²) in [4.78, 5) is 24.5. The van der Waals surface area contributed by atoms with Crippen molar-refractivity contribution in [2.45, 2.75) is 18.9 Å². The average Bonchev–Trinajstić information content (AvgIpc) is 2.70. The van der Waals surface area contributed by atoms with Gasteiger partial charge in [0.2, 0.25) is 0 Å². The Morgan fingerprint density at radius 3 is 2.48 bits per heavy atom. The molecule has 0 aliphatic carbocycles. The van der Waals surface area contributed by atoms with Crippen molar-refractivity contribution in [2.24, 2.45) is 0 Å². The fraction of sp³-hybridized carbons (Fsp3) is 0.250. The maximum Gasteiger partial charge on any atom is 0.313 e. The van der Waals surface area contributed by atoms with Gasteiger partial charge in [-0.15, -0.1) is 0 Å². The van der Waals surface area contributed by atoms with Gasteiger partial charge in [0.25, 0.3) is 0 Å². The maximum absolute atomic E-state index is 12.2. The highest BCUT2D eigenvalue weighted by atomic mass is 35.5. The van der Waals surface area contributed by atoms with E-state index in [9.17, 15) is 9.59 Å². The summed E-state index contributed by atoms with van der Waals surface area (Å²) >= 11 is 5.89. The summed E-state index contributed by atoms with van der Waals surface area (Å²) in [5.74, 6) is -1.72. The van der Waals surface area contributed by atoms with Crippen LogP contribution in [-0.2, 0) is 19.9 Å². The Hall–Kier alpha value is -2.88. The Morgan fingerprint density at radius 2 is 1.89 bits per heavy atom. The second kappa shape index (κ2) is 9.17. The number of carbonyl (C=O) groups excluding carboxylic acids is 2. The number of ether oxygens (including phenoxy) is 1. The molecule has 0 fully saturated rings. The van der Waals surface area contributed by atoms with Crippen LogP contribution in [0.1, 0.15) is 24.5 Å². The highest BCUT2D eigenvalue weighted by Crippen LogP contribution is 2.28. The molecule has 27 heavy (non-hydrogen) atoms. The highest BCUT2D eigenvalue weighted by Gasteiger charge is 2.31. The van der Waals surface area contributed by atoms with Gasteiger partial charge in [-0.25, -0.2) is 0 Å². The summed E-state index contributed by atoms with van der Waals surface area (Å²) in [5.41, 5.74) is 0.550. The third-order valence-electron chi connectivity index (χ3n) is 4.35. The van der Waals surface area contributed by atoms with Crippen molar-refractivity contribution in [2.75, 3.05) is 19.0 Å². The van der Waals surface area contributed by atoms with Crippen molar-refractivity contribution in [1.29, 1.82) is 5.26 Å². The zero-order chi connectivity index (χ0) is 19.9. The van der Waals surface area contributed by atoms with Crippen molar-refractivity contribution in [3.8, 4) is 6.07 Å². The summed E-state index contributed by atoms with van der Waals surface area (Å²) < 4.78 is 5.67. The molecule has 2 aromatic rings. The summed E-state index contributed by atoms with van der Waals surface area (Å²) in [7, 11) is 1.56. The molecule has 0 radical (unpaired) electrons. The smallest absolute Gasteiger partial charge is 0.313 e. The second-order valence-corrected chi connectivity index (χ2v) is 6.29. The van der Waals surface area contributed by atoms with E-state index in [0.29, 0.717) is 11.4 Å². The van der Waals surface area contributed by atoms with Gasteiger partial charge in [-0.3, -0.25) is 9.59 Å². The van der Waals surface area contributed by atoms with Crippen LogP contribution in [0.4, 0.5) is 5.69 Å². The van der Waals surface area contributed by atoms with Crippen LogP contribution in [0.2, 0.25) is 5.02 Å². The van der Waals surface area contributed by atoms with Gasteiger partial charge in [0.15, 0.2) is 0 Å². The molecular formula is C20H20ClN3O3. The number of methoxy groups -OCH3 is 1. The molecule has 0 heterocycles. The van der Waals surface area contributed by atoms with Crippen LogP contribution in [0.25, 0.3) is 0 Å². The van der Waals surface area contributed by atoms with E-state index in [1.165, 1.54) is 18.2 Å². The summed E-state index contributed by atoms with van der Waals surface area (Å²) in [6.45, 7) is 2.06. The quantitative estimate of drug-likeness (QED) is 0.747. The van der Waals surface area contributed by atoms with Gasteiger partial charge in [-0.2, -0.15) is 5.26 Å².